The van der Waals surface area contributed by atoms with Gasteiger partial charge in [-0.05, 0) is 31.5 Å². The fraction of sp³-hybridized carbons (Fsp3) is 0.529. The molecule has 2 amide bonds. The van der Waals surface area contributed by atoms with E-state index in [1.165, 1.54) is 11.8 Å². The summed E-state index contributed by atoms with van der Waals surface area (Å²) in [5.74, 6) is 0.574. The van der Waals surface area contributed by atoms with Crippen LogP contribution in [-0.4, -0.2) is 43.0 Å². The highest BCUT2D eigenvalue weighted by Gasteiger charge is 2.33. The number of nitrogens with zero attached hydrogens (tertiary/aromatic N) is 2. The third-order valence-corrected chi connectivity index (χ3v) is 5.45. The first-order valence-electron chi connectivity index (χ1n) is 8.32. The number of anilines is 2. The Morgan fingerprint density at radius 2 is 2.21 bits per heavy atom. The SMILES string of the molecule is CCCC(C)N1C(=O)CSc2cc(N3CC(CN)OC3=O)ccc21. The van der Waals surface area contributed by atoms with Gasteiger partial charge in [-0.2, -0.15) is 0 Å². The number of hydrogen-bond acceptors (Lipinski definition) is 5. The van der Waals surface area contributed by atoms with Gasteiger partial charge in [-0.15, -0.1) is 11.8 Å². The summed E-state index contributed by atoms with van der Waals surface area (Å²) in [6, 6.07) is 5.96. The van der Waals surface area contributed by atoms with E-state index in [0.717, 1.165) is 29.1 Å². The lowest BCUT2D eigenvalue weighted by Crippen LogP contribution is -2.42. The first kappa shape index (κ1) is 17.1. The quantitative estimate of drug-likeness (QED) is 0.884. The normalized spacial score (nSPS) is 21.7. The molecule has 0 spiro atoms. The molecule has 1 aromatic rings. The van der Waals surface area contributed by atoms with Gasteiger partial charge in [0.1, 0.15) is 6.10 Å². The molecule has 6 nitrogen and oxygen atoms in total. The fourth-order valence-electron chi connectivity index (χ4n) is 3.21. The molecular formula is C17H23N3O3S. The second-order valence-electron chi connectivity index (χ2n) is 6.19. The Labute approximate surface area is 146 Å². The summed E-state index contributed by atoms with van der Waals surface area (Å²) >= 11 is 1.52. The molecular weight excluding hydrogens is 326 g/mol. The van der Waals surface area contributed by atoms with E-state index in [1.807, 2.05) is 23.1 Å². The van der Waals surface area contributed by atoms with E-state index in [1.54, 1.807) is 4.90 Å². The van der Waals surface area contributed by atoms with E-state index in [-0.39, 0.29) is 24.1 Å². The molecule has 130 valence electrons. The van der Waals surface area contributed by atoms with Crippen molar-refractivity contribution in [3.63, 3.8) is 0 Å². The number of benzene rings is 1. The molecule has 3 rings (SSSR count). The van der Waals surface area contributed by atoms with Crippen molar-refractivity contribution in [1.82, 2.24) is 0 Å². The number of rotatable bonds is 5. The van der Waals surface area contributed by atoms with Crippen LogP contribution in [0.1, 0.15) is 26.7 Å². The van der Waals surface area contributed by atoms with Crippen LogP contribution in [0.25, 0.3) is 0 Å². The molecule has 2 N–H and O–H groups in total. The van der Waals surface area contributed by atoms with Crippen LogP contribution in [0.5, 0.6) is 0 Å². The first-order chi connectivity index (χ1) is 11.5. The van der Waals surface area contributed by atoms with Crippen LogP contribution in [-0.2, 0) is 9.53 Å². The summed E-state index contributed by atoms with van der Waals surface area (Å²) in [6.45, 7) is 4.99. The number of carbonyl (C=O) groups is 2. The third kappa shape index (κ3) is 3.10. The predicted octanol–water partition coefficient (Wildman–Crippen LogP) is 2.60. The maximum Gasteiger partial charge on any atom is 0.414 e. The van der Waals surface area contributed by atoms with Crippen LogP contribution in [0, 0.1) is 0 Å². The lowest BCUT2D eigenvalue weighted by molar-refractivity contribution is -0.116. The highest BCUT2D eigenvalue weighted by molar-refractivity contribution is 8.00. The van der Waals surface area contributed by atoms with Crippen molar-refractivity contribution < 1.29 is 14.3 Å². The summed E-state index contributed by atoms with van der Waals surface area (Å²) in [6.07, 6.45) is 1.38. The van der Waals surface area contributed by atoms with Crippen LogP contribution >= 0.6 is 11.8 Å². The molecule has 24 heavy (non-hydrogen) atoms. The van der Waals surface area contributed by atoms with Gasteiger partial charge in [0.05, 0.1) is 18.0 Å². The average Bonchev–Trinajstić information content (AvgIpc) is 2.95. The van der Waals surface area contributed by atoms with E-state index < -0.39 is 0 Å². The molecule has 0 saturated carbocycles. The maximum atomic E-state index is 12.4. The van der Waals surface area contributed by atoms with Crippen molar-refractivity contribution in [3.05, 3.63) is 18.2 Å². The number of amides is 2. The zero-order valence-corrected chi connectivity index (χ0v) is 14.8. The molecule has 1 fully saturated rings. The minimum Gasteiger partial charge on any atom is -0.443 e. The van der Waals surface area contributed by atoms with Gasteiger partial charge in [0.2, 0.25) is 5.91 Å². The van der Waals surface area contributed by atoms with E-state index >= 15 is 0 Å². The summed E-state index contributed by atoms with van der Waals surface area (Å²) in [4.78, 5) is 28.9. The minimum atomic E-state index is -0.363. The van der Waals surface area contributed by atoms with Crippen LogP contribution in [0.15, 0.2) is 23.1 Å². The topological polar surface area (TPSA) is 75.9 Å². The number of hydrogen-bond donors (Lipinski definition) is 1. The number of thioether (sulfide) groups is 1. The Kier molecular flexibility index (Phi) is 5.01. The van der Waals surface area contributed by atoms with Crippen molar-refractivity contribution in [2.24, 2.45) is 5.73 Å². The lowest BCUT2D eigenvalue weighted by atomic mass is 10.1. The van der Waals surface area contributed by atoms with Crippen molar-refractivity contribution in [2.75, 3.05) is 28.6 Å². The van der Waals surface area contributed by atoms with Gasteiger partial charge in [0.25, 0.3) is 0 Å². The third-order valence-electron chi connectivity index (χ3n) is 4.42. The van der Waals surface area contributed by atoms with Crippen LogP contribution in [0.3, 0.4) is 0 Å². The van der Waals surface area contributed by atoms with Gasteiger partial charge in [0, 0.05) is 23.2 Å². The predicted molar refractivity (Wildman–Crippen MR) is 95.7 cm³/mol. The summed E-state index contributed by atoms with van der Waals surface area (Å²) in [5.41, 5.74) is 7.32. The van der Waals surface area contributed by atoms with Gasteiger partial charge in [-0.3, -0.25) is 9.69 Å². The Bertz CT molecular complexity index is 652. The highest BCUT2D eigenvalue weighted by atomic mass is 32.2. The van der Waals surface area contributed by atoms with Crippen LogP contribution < -0.4 is 15.5 Å². The molecule has 2 atom stereocenters. The molecule has 2 heterocycles. The van der Waals surface area contributed by atoms with E-state index in [0.29, 0.717) is 18.8 Å². The van der Waals surface area contributed by atoms with Gasteiger partial charge in [0.15, 0.2) is 0 Å². The van der Waals surface area contributed by atoms with Crippen molar-refractivity contribution in [1.29, 1.82) is 0 Å². The Balaban J connectivity index is 1.88. The molecule has 1 saturated heterocycles. The second kappa shape index (κ2) is 7.03. The van der Waals surface area contributed by atoms with Crippen molar-refractivity contribution >= 4 is 35.1 Å². The Morgan fingerprint density at radius 1 is 1.42 bits per heavy atom. The van der Waals surface area contributed by atoms with Gasteiger partial charge in [-0.25, -0.2) is 4.79 Å². The molecule has 0 aromatic heterocycles. The highest BCUT2D eigenvalue weighted by Crippen LogP contribution is 2.40. The molecule has 2 aliphatic rings. The van der Waals surface area contributed by atoms with Gasteiger partial charge < -0.3 is 15.4 Å². The number of ether oxygens (including phenoxy) is 1. The van der Waals surface area contributed by atoms with Crippen molar-refractivity contribution in [2.45, 2.75) is 43.7 Å². The Morgan fingerprint density at radius 3 is 2.88 bits per heavy atom. The summed E-state index contributed by atoms with van der Waals surface area (Å²) < 4.78 is 5.22. The molecule has 7 heteroatoms. The number of cyclic esters (lactones) is 1. The molecule has 1 aromatic carbocycles. The number of carbonyl (C=O) groups excluding carboxylic acids is 2. The van der Waals surface area contributed by atoms with Gasteiger partial charge >= 0.3 is 6.09 Å². The largest absolute Gasteiger partial charge is 0.443 e. The minimum absolute atomic E-state index is 0.143. The molecule has 0 bridgehead atoms. The number of nitrogens with two attached hydrogens (primary N) is 1. The summed E-state index contributed by atoms with van der Waals surface area (Å²) in [5, 5.41) is 0. The lowest BCUT2D eigenvalue weighted by Gasteiger charge is -2.34. The average molecular weight is 349 g/mol. The fourth-order valence-corrected chi connectivity index (χ4v) is 4.15. The van der Waals surface area contributed by atoms with E-state index in [9.17, 15) is 9.59 Å². The number of fused-ring (bicyclic) bond motifs is 1. The standard InChI is InChI=1S/C17H23N3O3S/c1-3-4-11(2)20-14-6-5-12(7-15(14)24-10-16(20)21)19-9-13(8-18)23-17(19)22/h5-7,11,13H,3-4,8-10,18H2,1-2H3. The maximum absolute atomic E-state index is 12.4. The monoisotopic (exact) mass is 349 g/mol. The zero-order valence-electron chi connectivity index (χ0n) is 14.0. The molecule has 2 aliphatic heterocycles. The molecule has 2 unspecified atom stereocenters. The van der Waals surface area contributed by atoms with Gasteiger partial charge in [-0.1, -0.05) is 13.3 Å². The van der Waals surface area contributed by atoms with Crippen LogP contribution in [0.2, 0.25) is 0 Å². The molecule has 0 aliphatic carbocycles. The Hall–Kier alpha value is -1.73. The van der Waals surface area contributed by atoms with Crippen molar-refractivity contribution in [3.8, 4) is 0 Å². The molecule has 0 radical (unpaired) electrons. The van der Waals surface area contributed by atoms with E-state index in [4.69, 9.17) is 10.5 Å². The van der Waals surface area contributed by atoms with E-state index in [2.05, 4.69) is 13.8 Å². The first-order valence-corrected chi connectivity index (χ1v) is 9.30. The zero-order chi connectivity index (χ0) is 17.3. The summed E-state index contributed by atoms with van der Waals surface area (Å²) in [7, 11) is 0. The smallest absolute Gasteiger partial charge is 0.414 e. The second-order valence-corrected chi connectivity index (χ2v) is 7.21. The van der Waals surface area contributed by atoms with Crippen LogP contribution in [0.4, 0.5) is 16.2 Å².